The summed E-state index contributed by atoms with van der Waals surface area (Å²) >= 11 is 0. The Morgan fingerprint density at radius 3 is 2.23 bits per heavy atom. The van der Waals surface area contributed by atoms with E-state index in [1.807, 2.05) is 6.07 Å². The van der Waals surface area contributed by atoms with Crippen molar-refractivity contribution in [1.82, 2.24) is 9.80 Å². The van der Waals surface area contributed by atoms with Gasteiger partial charge < -0.3 is 29.4 Å². The van der Waals surface area contributed by atoms with Gasteiger partial charge in [0.1, 0.15) is 5.75 Å². The number of rotatable bonds is 6. The summed E-state index contributed by atoms with van der Waals surface area (Å²) in [6.45, 7) is 2.37. The summed E-state index contributed by atoms with van der Waals surface area (Å²) in [5.41, 5.74) is 9.97. The van der Waals surface area contributed by atoms with Crippen LogP contribution in [0.15, 0.2) is 91.0 Å². The Labute approximate surface area is 306 Å². The average molecular weight is 698 g/mol. The van der Waals surface area contributed by atoms with Crippen LogP contribution in [0, 0.1) is 0 Å². The molecule has 5 aromatic rings. The molecule has 4 aliphatic rings. The van der Waals surface area contributed by atoms with E-state index in [-0.39, 0.29) is 18.7 Å². The highest BCUT2D eigenvalue weighted by molar-refractivity contribution is 5.62. The molecule has 2 atom stereocenters. The largest absolute Gasteiger partial charge is 0.493 e. The summed E-state index contributed by atoms with van der Waals surface area (Å²) in [6.07, 6.45) is 3.30. The number of aliphatic hydroxyl groups is 1. The van der Waals surface area contributed by atoms with Crippen molar-refractivity contribution in [3.8, 4) is 34.5 Å². The van der Waals surface area contributed by atoms with E-state index in [4.69, 9.17) is 18.9 Å². The molecule has 0 fully saturated rings. The second kappa shape index (κ2) is 14.5. The molecule has 0 aromatic heterocycles. The first-order valence-electron chi connectivity index (χ1n) is 18.2. The molecular weight excluding hydrogens is 650 g/mol. The fraction of sp³-hybridized carbons (Fsp3) is 0.318. The molecule has 0 spiro atoms. The maximum absolute atomic E-state index is 10.5. The molecule has 2 N–H and O–H groups in total. The summed E-state index contributed by atoms with van der Waals surface area (Å²) < 4.78 is 25.8. The van der Waals surface area contributed by atoms with Crippen LogP contribution in [-0.4, -0.2) is 56.3 Å². The molecule has 0 unspecified atom stereocenters. The number of benzene rings is 5. The molecule has 5 aromatic carbocycles. The highest BCUT2D eigenvalue weighted by Crippen LogP contribution is 2.50. The lowest BCUT2D eigenvalue weighted by atomic mass is 9.86. The van der Waals surface area contributed by atoms with Gasteiger partial charge in [-0.05, 0) is 116 Å². The van der Waals surface area contributed by atoms with Crippen LogP contribution in [0.1, 0.15) is 56.6 Å². The Kier molecular flexibility index (Phi) is 9.53. The number of hydrogen-bond acceptors (Lipinski definition) is 8. The predicted molar refractivity (Wildman–Crippen MR) is 204 cm³/mol. The van der Waals surface area contributed by atoms with Gasteiger partial charge in [-0.15, -0.1) is 0 Å². The van der Waals surface area contributed by atoms with Crippen LogP contribution in [0.25, 0.3) is 0 Å². The number of methoxy groups -OCH3 is 2. The van der Waals surface area contributed by atoms with Crippen molar-refractivity contribution in [1.29, 1.82) is 0 Å². The number of nitrogens with one attached hydrogen (secondary N) is 1. The van der Waals surface area contributed by atoms with Gasteiger partial charge in [0.2, 0.25) is 0 Å². The quantitative estimate of drug-likeness (QED) is 0.184. The first-order valence-corrected chi connectivity index (χ1v) is 18.2. The third-order valence-corrected chi connectivity index (χ3v) is 11.1. The lowest BCUT2D eigenvalue weighted by molar-refractivity contribution is 0.219. The first kappa shape index (κ1) is 34.1. The van der Waals surface area contributed by atoms with Crippen LogP contribution in [0.5, 0.6) is 34.5 Å². The Bertz CT molecular complexity index is 2070. The van der Waals surface area contributed by atoms with Gasteiger partial charge in [-0.3, -0.25) is 9.80 Å². The Morgan fingerprint density at radius 2 is 1.48 bits per heavy atom. The van der Waals surface area contributed by atoms with Crippen LogP contribution in [0.3, 0.4) is 0 Å². The van der Waals surface area contributed by atoms with E-state index in [1.165, 1.54) is 33.4 Å². The molecule has 9 rings (SSSR count). The summed E-state index contributed by atoms with van der Waals surface area (Å²) in [6, 6.07) is 31.9. The van der Waals surface area contributed by atoms with E-state index in [1.54, 1.807) is 14.2 Å². The van der Waals surface area contributed by atoms with E-state index in [2.05, 4.69) is 114 Å². The van der Waals surface area contributed by atoms with Crippen molar-refractivity contribution < 1.29 is 24.1 Å². The SMILES string of the molecule is COc1cc2c3cc1Oc1c(OC)c(CO)cc4c1[C@H](Cc1ccc(cc1)Oc1cc(ccc1NCc1ccccc1)C[C@H]3N(C)CC2)N(C)CC4. The van der Waals surface area contributed by atoms with Gasteiger partial charge >= 0.3 is 0 Å². The van der Waals surface area contributed by atoms with Crippen LogP contribution in [0.4, 0.5) is 5.69 Å². The minimum absolute atomic E-state index is 0.0130. The van der Waals surface area contributed by atoms with Gasteiger partial charge in [0.15, 0.2) is 28.7 Å². The van der Waals surface area contributed by atoms with E-state index >= 15 is 0 Å². The van der Waals surface area contributed by atoms with Gasteiger partial charge in [-0.1, -0.05) is 48.5 Å². The zero-order chi connectivity index (χ0) is 35.8. The number of likely N-dealkylation sites (N-methyl/N-ethyl adjacent to an activating group) is 2. The Morgan fingerprint density at radius 1 is 0.750 bits per heavy atom. The lowest BCUT2D eigenvalue weighted by Gasteiger charge is -2.37. The van der Waals surface area contributed by atoms with Crippen LogP contribution < -0.4 is 24.3 Å². The second-order valence-corrected chi connectivity index (χ2v) is 14.2. The number of nitrogens with zero attached hydrogens (tertiary/aromatic N) is 2. The zero-order valence-electron chi connectivity index (χ0n) is 30.4. The van der Waals surface area contributed by atoms with Gasteiger partial charge in [-0.2, -0.15) is 0 Å². The number of fused-ring (bicyclic) bond motifs is 2. The maximum atomic E-state index is 10.5. The van der Waals surface area contributed by atoms with Gasteiger partial charge in [0, 0.05) is 42.8 Å². The molecule has 0 saturated carbocycles. The summed E-state index contributed by atoms with van der Waals surface area (Å²) in [5.74, 6) is 4.11. The number of hydrogen-bond donors (Lipinski definition) is 2. The summed E-state index contributed by atoms with van der Waals surface area (Å²) in [5, 5.41) is 14.1. The maximum Gasteiger partial charge on any atom is 0.174 e. The van der Waals surface area contributed by atoms with Crippen molar-refractivity contribution in [2.75, 3.05) is 46.7 Å². The topological polar surface area (TPSA) is 75.7 Å². The monoisotopic (exact) mass is 697 g/mol. The van der Waals surface area contributed by atoms with Crippen molar-refractivity contribution >= 4 is 5.69 Å². The summed E-state index contributed by atoms with van der Waals surface area (Å²) in [7, 11) is 7.72. The van der Waals surface area contributed by atoms with Gasteiger partial charge in [0.05, 0.1) is 26.5 Å². The summed E-state index contributed by atoms with van der Waals surface area (Å²) in [4.78, 5) is 4.82. The molecule has 4 aliphatic heterocycles. The third kappa shape index (κ3) is 6.58. The third-order valence-electron chi connectivity index (χ3n) is 11.1. The minimum Gasteiger partial charge on any atom is -0.493 e. The minimum atomic E-state index is -0.147. The van der Waals surface area contributed by atoms with E-state index in [0.29, 0.717) is 29.5 Å². The number of aliphatic hydroxyl groups excluding tert-OH is 1. The van der Waals surface area contributed by atoms with E-state index in [0.717, 1.165) is 67.1 Å². The molecule has 8 nitrogen and oxygen atoms in total. The van der Waals surface area contributed by atoms with Crippen molar-refractivity contribution in [3.63, 3.8) is 0 Å². The standard InChI is InChI=1S/C44H47N3O5/c1-46-18-16-31-24-40(49-3)41-25-35(31)37(46)21-30-12-15-36(45-26-29-8-6-5-7-9-29)39(22-30)51-34-13-10-28(11-14-34)20-38-42-32(17-19-47(38)2)23-33(27-48)43(50-4)44(42)52-41/h5-15,22-25,37-38,45,48H,16-21,26-27H2,1-4H3/t37-,38+/m1/s1. The molecule has 0 saturated heterocycles. The van der Waals surface area contributed by atoms with Crippen molar-refractivity contribution in [2.24, 2.45) is 0 Å². The molecule has 0 aliphatic carbocycles. The molecule has 0 amide bonds. The van der Waals surface area contributed by atoms with Gasteiger partial charge in [0.25, 0.3) is 0 Å². The Hall–Kier alpha value is -5.02. The smallest absolute Gasteiger partial charge is 0.174 e. The van der Waals surface area contributed by atoms with Gasteiger partial charge in [-0.25, -0.2) is 0 Å². The van der Waals surface area contributed by atoms with Crippen LogP contribution in [0.2, 0.25) is 0 Å². The van der Waals surface area contributed by atoms with Crippen LogP contribution in [-0.2, 0) is 38.8 Å². The molecule has 6 bridgehead atoms. The fourth-order valence-corrected chi connectivity index (χ4v) is 8.15. The second-order valence-electron chi connectivity index (χ2n) is 14.2. The van der Waals surface area contributed by atoms with Crippen molar-refractivity contribution in [3.05, 3.63) is 136 Å². The molecular formula is C44H47N3O5. The van der Waals surface area contributed by atoms with Crippen LogP contribution >= 0.6 is 0 Å². The fourth-order valence-electron chi connectivity index (χ4n) is 8.15. The Balaban J connectivity index is 1.28. The van der Waals surface area contributed by atoms with E-state index < -0.39 is 0 Å². The predicted octanol–water partition coefficient (Wildman–Crippen LogP) is 8.25. The molecule has 4 heterocycles. The normalized spacial score (nSPS) is 18.3. The molecule has 268 valence electrons. The zero-order valence-corrected chi connectivity index (χ0v) is 30.4. The lowest BCUT2D eigenvalue weighted by Crippen LogP contribution is -2.34. The average Bonchev–Trinajstić information content (AvgIpc) is 3.17. The molecule has 8 heteroatoms. The van der Waals surface area contributed by atoms with E-state index in [9.17, 15) is 5.11 Å². The molecule has 0 radical (unpaired) electrons. The highest BCUT2D eigenvalue weighted by Gasteiger charge is 2.34. The highest BCUT2D eigenvalue weighted by atomic mass is 16.5. The van der Waals surface area contributed by atoms with Crippen molar-refractivity contribution in [2.45, 2.75) is 50.9 Å². The molecule has 52 heavy (non-hydrogen) atoms. The first-order chi connectivity index (χ1) is 25.4. The number of anilines is 1. The number of ether oxygens (including phenoxy) is 4.